The molecule has 2 saturated heterocycles. The van der Waals surface area contributed by atoms with E-state index in [1.165, 1.54) is 4.57 Å². The van der Waals surface area contributed by atoms with Gasteiger partial charge in [0.2, 0.25) is 5.91 Å². The highest BCUT2D eigenvalue weighted by atomic mass is 16.2. The predicted molar refractivity (Wildman–Crippen MR) is 147 cm³/mol. The summed E-state index contributed by atoms with van der Waals surface area (Å²) in [5.74, 6) is 0.176. The van der Waals surface area contributed by atoms with Gasteiger partial charge in [0.05, 0.1) is 5.69 Å². The normalized spacial score (nSPS) is 18.3. The van der Waals surface area contributed by atoms with Crippen molar-refractivity contribution in [2.24, 2.45) is 11.5 Å². The van der Waals surface area contributed by atoms with Gasteiger partial charge in [0.1, 0.15) is 5.82 Å². The van der Waals surface area contributed by atoms with Crippen LogP contribution in [0, 0.1) is 0 Å². The van der Waals surface area contributed by atoms with E-state index in [0.717, 1.165) is 43.7 Å². The maximum absolute atomic E-state index is 12.8. The molecule has 0 unspecified atom stereocenters. The van der Waals surface area contributed by atoms with E-state index in [2.05, 4.69) is 28.2 Å². The number of hydrogen-bond acceptors (Lipinski definition) is 7. The lowest BCUT2D eigenvalue weighted by molar-refractivity contribution is -0.133. The summed E-state index contributed by atoms with van der Waals surface area (Å²) in [4.78, 5) is 47.7. The van der Waals surface area contributed by atoms with Crippen LogP contribution in [0.1, 0.15) is 45.6 Å². The largest absolute Gasteiger partial charge is 0.354 e. The van der Waals surface area contributed by atoms with Crippen LogP contribution in [0.4, 0.5) is 10.6 Å². The molecule has 3 heterocycles. The van der Waals surface area contributed by atoms with Gasteiger partial charge in [0.25, 0.3) is 0 Å². The third-order valence-corrected chi connectivity index (χ3v) is 7.16. The van der Waals surface area contributed by atoms with Crippen LogP contribution in [0.15, 0.2) is 41.3 Å². The van der Waals surface area contributed by atoms with Gasteiger partial charge in [0, 0.05) is 69.5 Å². The molecule has 3 amide bonds. The number of piperidine rings is 1. The fraction of sp³-hybridized carbons (Fsp3) is 0.556. The summed E-state index contributed by atoms with van der Waals surface area (Å²) in [6.45, 7) is 10.1. The van der Waals surface area contributed by atoms with Crippen molar-refractivity contribution in [2.45, 2.75) is 57.7 Å². The lowest BCUT2D eigenvalue weighted by Gasteiger charge is -2.36. The molecule has 0 spiro atoms. The van der Waals surface area contributed by atoms with Gasteiger partial charge in [-0.25, -0.2) is 9.59 Å². The first-order valence-corrected chi connectivity index (χ1v) is 13.2. The van der Waals surface area contributed by atoms with Crippen LogP contribution in [0.3, 0.4) is 0 Å². The van der Waals surface area contributed by atoms with Crippen LogP contribution in [0.25, 0.3) is 5.69 Å². The van der Waals surface area contributed by atoms with E-state index < -0.39 is 11.2 Å². The number of benzene rings is 1. The van der Waals surface area contributed by atoms with Gasteiger partial charge >= 0.3 is 11.7 Å². The number of nitrogens with two attached hydrogens (primary N) is 2. The van der Waals surface area contributed by atoms with Crippen LogP contribution < -0.4 is 22.5 Å². The Morgan fingerprint density at radius 1 is 1.05 bits per heavy atom. The summed E-state index contributed by atoms with van der Waals surface area (Å²) in [7, 11) is 0. The fourth-order valence-electron chi connectivity index (χ4n) is 4.80. The van der Waals surface area contributed by atoms with E-state index >= 15 is 0 Å². The van der Waals surface area contributed by atoms with Gasteiger partial charge in [-0.15, -0.1) is 0 Å². The van der Waals surface area contributed by atoms with Crippen molar-refractivity contribution in [3.05, 3.63) is 52.6 Å². The van der Waals surface area contributed by atoms with Gasteiger partial charge in [-0.1, -0.05) is 12.1 Å². The fourth-order valence-corrected chi connectivity index (χ4v) is 4.80. The Bertz CT molecular complexity index is 1200. The molecule has 11 heteroatoms. The quantitative estimate of drug-likeness (QED) is 0.518. The number of nitrogens with one attached hydrogen (secondary N) is 1. The third-order valence-electron chi connectivity index (χ3n) is 7.16. The molecule has 1 aromatic carbocycles. The lowest BCUT2D eigenvalue weighted by Crippen LogP contribution is -2.53. The minimum Gasteiger partial charge on any atom is -0.339 e. The Kier molecular flexibility index (Phi) is 8.19. The zero-order valence-electron chi connectivity index (χ0n) is 22.7. The highest BCUT2D eigenvalue weighted by Gasteiger charge is 2.28. The molecule has 4 rings (SSSR count). The van der Waals surface area contributed by atoms with Crippen molar-refractivity contribution in [3.8, 4) is 5.69 Å². The zero-order chi connectivity index (χ0) is 27.5. The van der Waals surface area contributed by atoms with Crippen molar-refractivity contribution < 1.29 is 9.59 Å². The molecule has 0 aliphatic carbocycles. The lowest BCUT2D eigenvalue weighted by atomic mass is 9.91. The first kappa shape index (κ1) is 27.7. The van der Waals surface area contributed by atoms with Crippen molar-refractivity contribution in [1.82, 2.24) is 24.3 Å². The van der Waals surface area contributed by atoms with E-state index in [-0.39, 0.29) is 29.7 Å². The Labute approximate surface area is 223 Å². The summed E-state index contributed by atoms with van der Waals surface area (Å²) in [6, 6.07) is 9.11. The Hall–Kier alpha value is -3.28. The van der Waals surface area contributed by atoms with Crippen molar-refractivity contribution in [3.63, 3.8) is 0 Å². The first-order chi connectivity index (χ1) is 17.9. The van der Waals surface area contributed by atoms with E-state index in [1.807, 2.05) is 32.0 Å². The topological polar surface area (TPSA) is 143 Å². The molecule has 5 N–H and O–H groups in total. The van der Waals surface area contributed by atoms with E-state index in [9.17, 15) is 14.4 Å². The highest BCUT2D eigenvalue weighted by Crippen LogP contribution is 2.21. The maximum Gasteiger partial charge on any atom is 0.354 e. The smallest absolute Gasteiger partial charge is 0.339 e. The molecule has 2 aromatic rings. The SMILES string of the molecule is CC(C)(N)CC(=O)N1CCN(C(=O)Nc2ccn(-c3cccc(CN4CCC(C)(N)CC4)c3)c(=O)n2)CC1. The molecule has 38 heavy (non-hydrogen) atoms. The van der Waals surface area contributed by atoms with Crippen molar-refractivity contribution in [1.29, 1.82) is 0 Å². The van der Waals surface area contributed by atoms with E-state index in [1.54, 1.807) is 22.1 Å². The molecule has 11 nitrogen and oxygen atoms in total. The summed E-state index contributed by atoms with van der Waals surface area (Å²) >= 11 is 0. The van der Waals surface area contributed by atoms with E-state index in [0.29, 0.717) is 26.2 Å². The maximum atomic E-state index is 12.8. The number of anilines is 1. The highest BCUT2D eigenvalue weighted by molar-refractivity contribution is 5.88. The number of hydrogen-bond donors (Lipinski definition) is 3. The number of urea groups is 1. The Morgan fingerprint density at radius 2 is 1.71 bits per heavy atom. The molecule has 1 aromatic heterocycles. The monoisotopic (exact) mass is 524 g/mol. The molecule has 2 fully saturated rings. The number of aromatic nitrogens is 2. The van der Waals surface area contributed by atoms with Crippen LogP contribution in [-0.4, -0.2) is 86.5 Å². The second kappa shape index (κ2) is 11.2. The van der Waals surface area contributed by atoms with Gasteiger partial charge in [-0.3, -0.25) is 19.6 Å². The van der Waals surface area contributed by atoms with Crippen LogP contribution in [0.2, 0.25) is 0 Å². The number of piperazine rings is 1. The van der Waals surface area contributed by atoms with Crippen molar-refractivity contribution >= 4 is 17.8 Å². The standard InChI is InChI=1S/C27H40N8O3/c1-26(2,28)18-23(36)33-13-15-34(16-14-33)24(37)30-22-7-10-35(25(38)31-22)21-6-4-5-20(17-21)19-32-11-8-27(3,29)9-12-32/h4-7,10,17H,8-9,11-16,18-19,28-29H2,1-3H3,(H,30,31,37,38). The summed E-state index contributed by atoms with van der Waals surface area (Å²) in [5, 5.41) is 2.71. The molecule has 0 radical (unpaired) electrons. The minimum atomic E-state index is -0.570. The molecule has 0 saturated carbocycles. The summed E-state index contributed by atoms with van der Waals surface area (Å²) < 4.78 is 1.47. The van der Waals surface area contributed by atoms with E-state index in [4.69, 9.17) is 11.5 Å². The molecule has 0 atom stereocenters. The number of nitrogens with zero attached hydrogens (tertiary/aromatic N) is 5. The number of carbonyl (C=O) groups excluding carboxylic acids is 2. The zero-order valence-corrected chi connectivity index (χ0v) is 22.7. The average molecular weight is 525 g/mol. The predicted octanol–water partition coefficient (Wildman–Crippen LogP) is 1.35. The van der Waals surface area contributed by atoms with Crippen molar-refractivity contribution in [2.75, 3.05) is 44.6 Å². The second-order valence-electron chi connectivity index (χ2n) is 11.5. The van der Waals surface area contributed by atoms with Crippen LogP contribution in [-0.2, 0) is 11.3 Å². The molecule has 206 valence electrons. The van der Waals surface area contributed by atoms with Crippen LogP contribution >= 0.6 is 0 Å². The van der Waals surface area contributed by atoms with Gasteiger partial charge in [-0.05, 0) is 57.4 Å². The number of amides is 3. The van der Waals surface area contributed by atoms with Crippen LogP contribution in [0.5, 0.6) is 0 Å². The van der Waals surface area contributed by atoms with Gasteiger partial charge < -0.3 is 21.3 Å². The Balaban J connectivity index is 1.33. The van der Waals surface area contributed by atoms with Gasteiger partial charge in [-0.2, -0.15) is 4.98 Å². The Morgan fingerprint density at radius 3 is 2.34 bits per heavy atom. The molecule has 2 aliphatic rings. The average Bonchev–Trinajstić information content (AvgIpc) is 2.85. The molecule has 0 bridgehead atoms. The molecular formula is C27H40N8O3. The second-order valence-corrected chi connectivity index (χ2v) is 11.5. The minimum absolute atomic E-state index is 0.0126. The molecule has 2 aliphatic heterocycles. The molecular weight excluding hydrogens is 484 g/mol. The number of carbonyl (C=O) groups is 2. The first-order valence-electron chi connectivity index (χ1n) is 13.2. The summed E-state index contributed by atoms with van der Waals surface area (Å²) in [6.07, 6.45) is 3.80. The number of rotatable bonds is 6. The third kappa shape index (κ3) is 7.40. The van der Waals surface area contributed by atoms with Gasteiger partial charge in [0.15, 0.2) is 0 Å². The number of likely N-dealkylation sites (tertiary alicyclic amines) is 1. The summed E-state index contributed by atoms with van der Waals surface area (Å²) in [5.41, 5.74) is 12.9.